The standard InChI is InChI=1S/C24H22N2O3/c1-18-12-14-21(15-13-18)26(22(28)16-25-17-27)24(29)23(19-8-4-2-5-9-19)20-10-6-3-7-11-20/h2-15,17,23H,16H2,1H3,(H,25,27). The first-order valence-corrected chi connectivity index (χ1v) is 9.32. The van der Waals surface area contributed by atoms with E-state index in [9.17, 15) is 14.4 Å². The van der Waals surface area contributed by atoms with Crippen LogP contribution in [0.2, 0.25) is 0 Å². The Hall–Kier alpha value is -3.73. The summed E-state index contributed by atoms with van der Waals surface area (Å²) in [7, 11) is 0. The SMILES string of the molecule is Cc1ccc(N(C(=O)CNC=O)C(=O)C(c2ccccc2)c2ccccc2)cc1. The number of carbonyl (C=O) groups excluding carboxylic acids is 3. The molecule has 0 spiro atoms. The molecule has 3 aromatic rings. The van der Waals surface area contributed by atoms with E-state index in [-0.39, 0.29) is 12.5 Å². The van der Waals surface area contributed by atoms with Crippen molar-refractivity contribution in [2.75, 3.05) is 11.4 Å². The minimum atomic E-state index is -0.654. The number of rotatable bonds is 7. The van der Waals surface area contributed by atoms with Gasteiger partial charge in [-0.3, -0.25) is 14.4 Å². The number of anilines is 1. The second-order valence-corrected chi connectivity index (χ2v) is 6.66. The van der Waals surface area contributed by atoms with Crippen LogP contribution in [-0.2, 0) is 14.4 Å². The first kappa shape index (κ1) is 20.0. The maximum absolute atomic E-state index is 13.7. The molecule has 0 saturated carbocycles. The molecule has 1 N–H and O–H groups in total. The van der Waals surface area contributed by atoms with Gasteiger partial charge in [-0.15, -0.1) is 0 Å². The number of hydrogen-bond acceptors (Lipinski definition) is 3. The Morgan fingerprint density at radius 1 is 0.862 bits per heavy atom. The number of imide groups is 1. The Bertz CT molecular complexity index is 931. The van der Waals surface area contributed by atoms with Crippen molar-refractivity contribution >= 4 is 23.9 Å². The van der Waals surface area contributed by atoms with Gasteiger partial charge in [0.05, 0.1) is 18.2 Å². The fraction of sp³-hybridized carbons (Fsp3) is 0.125. The van der Waals surface area contributed by atoms with Crippen molar-refractivity contribution < 1.29 is 14.4 Å². The van der Waals surface area contributed by atoms with Crippen molar-refractivity contribution in [2.24, 2.45) is 0 Å². The molecule has 3 aromatic carbocycles. The van der Waals surface area contributed by atoms with Crippen LogP contribution in [0.3, 0.4) is 0 Å². The molecule has 0 radical (unpaired) electrons. The number of benzene rings is 3. The van der Waals surface area contributed by atoms with Crippen LogP contribution in [0, 0.1) is 6.92 Å². The van der Waals surface area contributed by atoms with Crippen LogP contribution in [0.5, 0.6) is 0 Å². The third kappa shape index (κ3) is 4.76. The Morgan fingerprint density at radius 2 is 1.38 bits per heavy atom. The van der Waals surface area contributed by atoms with Crippen molar-refractivity contribution in [3.8, 4) is 0 Å². The minimum Gasteiger partial charge on any atom is -0.350 e. The van der Waals surface area contributed by atoms with E-state index in [0.717, 1.165) is 21.6 Å². The van der Waals surface area contributed by atoms with E-state index in [4.69, 9.17) is 0 Å². The molecule has 0 aliphatic carbocycles. The summed E-state index contributed by atoms with van der Waals surface area (Å²) < 4.78 is 0. The van der Waals surface area contributed by atoms with E-state index in [1.807, 2.05) is 79.7 Å². The molecule has 0 heterocycles. The lowest BCUT2D eigenvalue weighted by atomic mass is 9.89. The number of amides is 3. The van der Waals surface area contributed by atoms with Crippen molar-refractivity contribution in [3.05, 3.63) is 102 Å². The maximum Gasteiger partial charge on any atom is 0.253 e. The molecule has 3 amide bonds. The molecule has 0 aromatic heterocycles. The van der Waals surface area contributed by atoms with Gasteiger partial charge in [0.1, 0.15) is 0 Å². The molecular formula is C24H22N2O3. The first-order chi connectivity index (χ1) is 14.1. The van der Waals surface area contributed by atoms with Gasteiger partial charge in [-0.2, -0.15) is 0 Å². The smallest absolute Gasteiger partial charge is 0.253 e. The molecule has 0 unspecified atom stereocenters. The molecule has 0 aliphatic rings. The van der Waals surface area contributed by atoms with Gasteiger partial charge < -0.3 is 5.32 Å². The topological polar surface area (TPSA) is 66.5 Å². The zero-order chi connectivity index (χ0) is 20.6. The third-order valence-corrected chi connectivity index (χ3v) is 4.61. The summed E-state index contributed by atoms with van der Waals surface area (Å²) in [6, 6.07) is 25.9. The van der Waals surface area contributed by atoms with Crippen molar-refractivity contribution in [2.45, 2.75) is 12.8 Å². The average Bonchev–Trinajstić information content (AvgIpc) is 2.75. The van der Waals surface area contributed by atoms with Crippen molar-refractivity contribution in [3.63, 3.8) is 0 Å². The van der Waals surface area contributed by atoms with E-state index in [1.54, 1.807) is 12.1 Å². The molecule has 0 saturated heterocycles. The summed E-state index contributed by atoms with van der Waals surface area (Å²) in [5.74, 6) is -1.52. The summed E-state index contributed by atoms with van der Waals surface area (Å²) in [6.07, 6.45) is 0.446. The number of carbonyl (C=O) groups is 3. The molecule has 0 atom stereocenters. The van der Waals surface area contributed by atoms with Gasteiger partial charge in [-0.1, -0.05) is 78.4 Å². The fourth-order valence-corrected chi connectivity index (χ4v) is 3.19. The zero-order valence-corrected chi connectivity index (χ0v) is 16.1. The zero-order valence-electron chi connectivity index (χ0n) is 16.1. The quantitative estimate of drug-likeness (QED) is 0.633. The summed E-state index contributed by atoms with van der Waals surface area (Å²) in [4.78, 5) is 38.4. The lowest BCUT2D eigenvalue weighted by Crippen LogP contribution is -2.44. The second kappa shape index (κ2) is 9.46. The molecule has 0 fully saturated rings. The van der Waals surface area contributed by atoms with E-state index in [1.165, 1.54) is 0 Å². The number of aryl methyl sites for hydroxylation is 1. The summed E-state index contributed by atoms with van der Waals surface area (Å²) in [5.41, 5.74) is 3.06. The number of nitrogens with zero attached hydrogens (tertiary/aromatic N) is 1. The highest BCUT2D eigenvalue weighted by molar-refractivity contribution is 6.18. The second-order valence-electron chi connectivity index (χ2n) is 6.66. The summed E-state index contributed by atoms with van der Waals surface area (Å²) in [5, 5.41) is 2.36. The van der Waals surface area contributed by atoms with Gasteiger partial charge >= 0.3 is 0 Å². The predicted octanol–water partition coefficient (Wildman–Crippen LogP) is 3.43. The van der Waals surface area contributed by atoms with Crippen LogP contribution in [0.1, 0.15) is 22.6 Å². The largest absolute Gasteiger partial charge is 0.350 e. The van der Waals surface area contributed by atoms with Gasteiger partial charge in [0.25, 0.3) is 5.91 Å². The third-order valence-electron chi connectivity index (χ3n) is 4.61. The van der Waals surface area contributed by atoms with Crippen LogP contribution in [0.15, 0.2) is 84.9 Å². The molecule has 5 heteroatoms. The lowest BCUT2D eigenvalue weighted by Gasteiger charge is -2.27. The monoisotopic (exact) mass is 386 g/mol. The molecule has 29 heavy (non-hydrogen) atoms. The maximum atomic E-state index is 13.7. The highest BCUT2D eigenvalue weighted by atomic mass is 16.2. The van der Waals surface area contributed by atoms with E-state index in [0.29, 0.717) is 12.1 Å². The molecule has 3 rings (SSSR count). The summed E-state index contributed by atoms with van der Waals surface area (Å²) in [6.45, 7) is 1.67. The van der Waals surface area contributed by atoms with Crippen LogP contribution in [-0.4, -0.2) is 24.8 Å². The molecule has 0 aliphatic heterocycles. The Morgan fingerprint density at radius 3 is 1.86 bits per heavy atom. The highest BCUT2D eigenvalue weighted by Crippen LogP contribution is 2.29. The normalized spacial score (nSPS) is 10.4. The molecular weight excluding hydrogens is 364 g/mol. The van der Waals surface area contributed by atoms with Gasteiger partial charge in [-0.25, -0.2) is 4.90 Å². The van der Waals surface area contributed by atoms with Gasteiger partial charge in [0, 0.05) is 0 Å². The van der Waals surface area contributed by atoms with Gasteiger partial charge in [0.15, 0.2) is 0 Å². The Kier molecular flexibility index (Phi) is 6.53. The van der Waals surface area contributed by atoms with Crippen LogP contribution < -0.4 is 10.2 Å². The number of hydrogen-bond donors (Lipinski definition) is 1. The average molecular weight is 386 g/mol. The van der Waals surface area contributed by atoms with Crippen LogP contribution in [0.25, 0.3) is 0 Å². The molecule has 146 valence electrons. The molecule has 5 nitrogen and oxygen atoms in total. The summed E-state index contributed by atoms with van der Waals surface area (Å²) >= 11 is 0. The van der Waals surface area contributed by atoms with Gasteiger partial charge in [-0.05, 0) is 30.2 Å². The van der Waals surface area contributed by atoms with E-state index in [2.05, 4.69) is 5.32 Å². The van der Waals surface area contributed by atoms with E-state index < -0.39 is 11.8 Å². The van der Waals surface area contributed by atoms with E-state index >= 15 is 0 Å². The predicted molar refractivity (Wildman–Crippen MR) is 112 cm³/mol. The van der Waals surface area contributed by atoms with Crippen LogP contribution in [0.4, 0.5) is 5.69 Å². The van der Waals surface area contributed by atoms with Gasteiger partial charge in [0.2, 0.25) is 12.3 Å². The molecule has 0 bridgehead atoms. The van der Waals surface area contributed by atoms with Crippen molar-refractivity contribution in [1.29, 1.82) is 0 Å². The number of nitrogens with one attached hydrogen (secondary N) is 1. The Labute approximate surface area is 170 Å². The first-order valence-electron chi connectivity index (χ1n) is 9.32. The lowest BCUT2D eigenvalue weighted by molar-refractivity contribution is -0.127. The van der Waals surface area contributed by atoms with Crippen LogP contribution >= 0.6 is 0 Å². The Balaban J connectivity index is 2.08. The highest BCUT2D eigenvalue weighted by Gasteiger charge is 2.32. The van der Waals surface area contributed by atoms with Crippen molar-refractivity contribution in [1.82, 2.24) is 5.32 Å². The minimum absolute atomic E-state index is 0.264. The fourth-order valence-electron chi connectivity index (χ4n) is 3.19.